The number of rotatable bonds is 12. The van der Waals surface area contributed by atoms with Crippen molar-refractivity contribution in [1.29, 1.82) is 0 Å². The van der Waals surface area contributed by atoms with Crippen LogP contribution in [-0.4, -0.2) is 38.6 Å². The van der Waals surface area contributed by atoms with Gasteiger partial charge < -0.3 is 19.8 Å². The predicted octanol–water partition coefficient (Wildman–Crippen LogP) is 5.57. The normalized spacial score (nSPS) is 14.3. The molecule has 4 rings (SSSR count). The quantitative estimate of drug-likeness (QED) is 0.327. The van der Waals surface area contributed by atoms with Crippen LogP contribution in [0.2, 0.25) is 0 Å². The zero-order valence-electron chi connectivity index (χ0n) is 20.0. The summed E-state index contributed by atoms with van der Waals surface area (Å²) in [4.78, 5) is 0. The van der Waals surface area contributed by atoms with E-state index in [9.17, 15) is 8.42 Å². The van der Waals surface area contributed by atoms with Crippen molar-refractivity contribution in [3.63, 3.8) is 0 Å². The number of sulfonamides is 1. The van der Waals surface area contributed by atoms with Gasteiger partial charge in [-0.2, -0.15) is 0 Å². The smallest absolute Gasteiger partial charge is 0.232 e. The standard InChI is InChI=1S/C26H35N3O4S/c1-3-17-34(30,31)28-20-11-9-19(10-12-20)26-25(27)23-14-13-22(33-16-6-15-32-4-2)18-24(23)29(26)21-7-5-8-21/h9-14,18,21,28H,3-8,15-17,27H2,1-2H3. The molecule has 0 spiro atoms. The summed E-state index contributed by atoms with van der Waals surface area (Å²) >= 11 is 0. The Bertz CT molecular complexity index is 1220. The third-order valence-electron chi connectivity index (χ3n) is 6.27. The first kappa shape index (κ1) is 24.4. The van der Waals surface area contributed by atoms with E-state index in [1.54, 1.807) is 12.1 Å². The van der Waals surface area contributed by atoms with E-state index in [4.69, 9.17) is 15.2 Å². The van der Waals surface area contributed by atoms with Crippen LogP contribution < -0.4 is 15.2 Å². The zero-order valence-corrected chi connectivity index (χ0v) is 20.9. The molecule has 0 atom stereocenters. The van der Waals surface area contributed by atoms with Crippen LogP contribution in [0.1, 0.15) is 52.0 Å². The van der Waals surface area contributed by atoms with Crippen LogP contribution in [0.25, 0.3) is 22.2 Å². The van der Waals surface area contributed by atoms with Crippen molar-refractivity contribution in [2.45, 2.75) is 52.0 Å². The van der Waals surface area contributed by atoms with E-state index in [1.807, 2.05) is 38.1 Å². The van der Waals surface area contributed by atoms with Gasteiger partial charge in [-0.05, 0) is 56.9 Å². The Morgan fingerprint density at radius 1 is 1.09 bits per heavy atom. The summed E-state index contributed by atoms with van der Waals surface area (Å²) in [5, 5.41) is 1.01. The highest BCUT2D eigenvalue weighted by molar-refractivity contribution is 7.92. The minimum atomic E-state index is -3.33. The van der Waals surface area contributed by atoms with Crippen molar-refractivity contribution in [3.05, 3.63) is 42.5 Å². The summed E-state index contributed by atoms with van der Waals surface area (Å²) in [6.45, 7) is 5.85. The first-order chi connectivity index (χ1) is 16.4. The van der Waals surface area contributed by atoms with Crippen molar-refractivity contribution in [3.8, 4) is 17.0 Å². The van der Waals surface area contributed by atoms with Gasteiger partial charge in [-0.1, -0.05) is 19.1 Å². The molecule has 1 aromatic heterocycles. The summed E-state index contributed by atoms with van der Waals surface area (Å²) in [5.74, 6) is 0.933. The molecule has 0 unspecified atom stereocenters. The average molecular weight is 486 g/mol. The lowest BCUT2D eigenvalue weighted by atomic mass is 9.92. The van der Waals surface area contributed by atoms with Crippen LogP contribution in [0.4, 0.5) is 11.4 Å². The number of hydrogen-bond donors (Lipinski definition) is 2. The Morgan fingerprint density at radius 3 is 2.50 bits per heavy atom. The molecule has 3 N–H and O–H groups in total. The van der Waals surface area contributed by atoms with Crippen molar-refractivity contribution in [2.75, 3.05) is 36.0 Å². The number of nitrogens with two attached hydrogens (primary N) is 1. The SMILES string of the molecule is CCCS(=O)(=O)Nc1ccc(-c2c(N)c3ccc(OCCCOCC)cc3n2C2CCC2)cc1. The molecule has 1 aliphatic carbocycles. The van der Waals surface area contributed by atoms with Crippen molar-refractivity contribution in [2.24, 2.45) is 0 Å². The van der Waals surface area contributed by atoms with Crippen LogP contribution in [-0.2, 0) is 14.8 Å². The topological polar surface area (TPSA) is 95.6 Å². The number of fused-ring (bicyclic) bond motifs is 1. The maximum atomic E-state index is 12.1. The van der Waals surface area contributed by atoms with Crippen molar-refractivity contribution in [1.82, 2.24) is 4.57 Å². The lowest BCUT2D eigenvalue weighted by Gasteiger charge is -2.30. The summed E-state index contributed by atoms with van der Waals surface area (Å²) in [6.07, 6.45) is 4.85. The van der Waals surface area contributed by atoms with E-state index >= 15 is 0 Å². The van der Waals surface area contributed by atoms with E-state index in [-0.39, 0.29) is 5.75 Å². The molecule has 1 aliphatic rings. The van der Waals surface area contributed by atoms with E-state index in [2.05, 4.69) is 15.4 Å². The second-order valence-electron chi connectivity index (χ2n) is 8.79. The largest absolute Gasteiger partial charge is 0.493 e. The number of anilines is 2. The second-order valence-corrected chi connectivity index (χ2v) is 10.6. The Hall–Kier alpha value is -2.71. The molecule has 0 aliphatic heterocycles. The number of aromatic nitrogens is 1. The average Bonchev–Trinajstić information content (AvgIpc) is 3.04. The minimum Gasteiger partial charge on any atom is -0.493 e. The zero-order chi connectivity index (χ0) is 24.1. The van der Waals surface area contributed by atoms with Crippen LogP contribution in [0.5, 0.6) is 5.75 Å². The Balaban J connectivity index is 1.65. The third-order valence-corrected chi connectivity index (χ3v) is 7.76. The van der Waals surface area contributed by atoms with Gasteiger partial charge in [-0.15, -0.1) is 0 Å². The number of ether oxygens (including phenoxy) is 2. The Morgan fingerprint density at radius 2 is 1.85 bits per heavy atom. The molecule has 2 aromatic carbocycles. The number of nitrogens with one attached hydrogen (secondary N) is 1. The maximum absolute atomic E-state index is 12.1. The van der Waals surface area contributed by atoms with E-state index in [0.717, 1.165) is 52.9 Å². The Kier molecular flexibility index (Phi) is 7.68. The monoisotopic (exact) mass is 485 g/mol. The van der Waals surface area contributed by atoms with Crippen molar-refractivity contribution >= 4 is 32.3 Å². The summed E-state index contributed by atoms with van der Waals surface area (Å²) in [5.41, 5.74) is 11.0. The third kappa shape index (κ3) is 5.33. The van der Waals surface area contributed by atoms with Crippen LogP contribution >= 0.6 is 0 Å². The highest BCUT2D eigenvalue weighted by Gasteiger charge is 2.27. The number of benzene rings is 2. The van der Waals surface area contributed by atoms with Gasteiger partial charge in [0, 0.05) is 48.4 Å². The van der Waals surface area contributed by atoms with Gasteiger partial charge in [0.2, 0.25) is 10.0 Å². The lowest BCUT2D eigenvalue weighted by molar-refractivity contribution is 0.131. The fraction of sp³-hybridized carbons (Fsp3) is 0.462. The number of nitrogen functional groups attached to an aromatic ring is 1. The molecular formula is C26H35N3O4S. The predicted molar refractivity (Wildman–Crippen MR) is 139 cm³/mol. The Labute approximate surface area is 202 Å². The summed E-state index contributed by atoms with van der Waals surface area (Å²) in [7, 11) is -3.33. The first-order valence-electron chi connectivity index (χ1n) is 12.2. The van der Waals surface area contributed by atoms with Gasteiger partial charge in [0.25, 0.3) is 0 Å². The highest BCUT2D eigenvalue weighted by atomic mass is 32.2. The molecule has 7 nitrogen and oxygen atoms in total. The summed E-state index contributed by atoms with van der Waals surface area (Å²) < 4.78 is 40.6. The van der Waals surface area contributed by atoms with Gasteiger partial charge >= 0.3 is 0 Å². The molecule has 0 amide bonds. The molecule has 184 valence electrons. The van der Waals surface area contributed by atoms with Gasteiger partial charge in [-0.25, -0.2) is 8.42 Å². The highest BCUT2D eigenvalue weighted by Crippen LogP contribution is 2.44. The maximum Gasteiger partial charge on any atom is 0.232 e. The molecule has 0 radical (unpaired) electrons. The molecule has 3 aromatic rings. The number of hydrogen-bond acceptors (Lipinski definition) is 5. The molecule has 0 bridgehead atoms. The van der Waals surface area contributed by atoms with Crippen LogP contribution in [0.15, 0.2) is 42.5 Å². The van der Waals surface area contributed by atoms with Gasteiger partial charge in [-0.3, -0.25) is 4.72 Å². The molecule has 8 heteroatoms. The first-order valence-corrected chi connectivity index (χ1v) is 13.8. The van der Waals surface area contributed by atoms with E-state index in [0.29, 0.717) is 38.0 Å². The lowest BCUT2D eigenvalue weighted by Crippen LogP contribution is -2.18. The fourth-order valence-electron chi connectivity index (χ4n) is 4.42. The van der Waals surface area contributed by atoms with Crippen LogP contribution in [0, 0.1) is 0 Å². The summed E-state index contributed by atoms with van der Waals surface area (Å²) in [6, 6.07) is 14.0. The molecule has 1 saturated carbocycles. The van der Waals surface area contributed by atoms with Gasteiger partial charge in [0.05, 0.1) is 29.3 Å². The molecule has 1 heterocycles. The van der Waals surface area contributed by atoms with Gasteiger partial charge in [0.1, 0.15) is 5.75 Å². The minimum absolute atomic E-state index is 0.105. The number of nitrogens with zero attached hydrogens (tertiary/aromatic N) is 1. The van der Waals surface area contributed by atoms with Crippen LogP contribution in [0.3, 0.4) is 0 Å². The molecule has 34 heavy (non-hydrogen) atoms. The molecule has 0 saturated heterocycles. The van der Waals surface area contributed by atoms with E-state index < -0.39 is 10.0 Å². The van der Waals surface area contributed by atoms with Gasteiger partial charge in [0.15, 0.2) is 0 Å². The van der Waals surface area contributed by atoms with Crippen molar-refractivity contribution < 1.29 is 17.9 Å². The van der Waals surface area contributed by atoms with E-state index in [1.165, 1.54) is 6.42 Å². The second kappa shape index (κ2) is 10.7. The fourth-order valence-corrected chi connectivity index (χ4v) is 5.55. The molecule has 1 fully saturated rings. The molecular weight excluding hydrogens is 450 g/mol.